The van der Waals surface area contributed by atoms with E-state index in [4.69, 9.17) is 5.10 Å². The number of hydrogen-bond acceptors (Lipinski definition) is 4. The highest BCUT2D eigenvalue weighted by Crippen LogP contribution is 2.39. The molecule has 160 valence electrons. The van der Waals surface area contributed by atoms with Gasteiger partial charge in [-0.25, -0.2) is 4.90 Å². The van der Waals surface area contributed by atoms with Gasteiger partial charge in [-0.3, -0.25) is 14.6 Å². The number of thioether (sulfide) groups is 1. The second kappa shape index (κ2) is 8.24. The van der Waals surface area contributed by atoms with Gasteiger partial charge in [-0.2, -0.15) is 0 Å². The standard InChI is InChI=1S/C25H22N4O2S/c1-3-9-21(30)28-20-15-7-6-13-19(20)22-23(31)26-25(32-2)27-29(22)24(28)18-14-8-11-16-10-4-5-12-17(16)18/h4-8,10-15,24H,3,9H2,1-2H3/p+1/t24-/m1/s1. The molecule has 1 N–H and O–H groups in total. The van der Waals surface area contributed by atoms with Crippen molar-refractivity contribution in [2.75, 3.05) is 11.2 Å². The average molecular weight is 444 g/mol. The largest absolute Gasteiger partial charge is 0.325 e. The van der Waals surface area contributed by atoms with Crippen molar-refractivity contribution in [3.05, 3.63) is 82.6 Å². The number of aromatic nitrogens is 3. The first kappa shape index (κ1) is 20.5. The van der Waals surface area contributed by atoms with Gasteiger partial charge in [0.25, 0.3) is 6.17 Å². The number of benzene rings is 3. The molecule has 1 atom stereocenters. The van der Waals surface area contributed by atoms with Gasteiger partial charge in [-0.15, -0.1) is 0 Å². The zero-order chi connectivity index (χ0) is 22.2. The maximum absolute atomic E-state index is 13.5. The molecule has 0 saturated heterocycles. The first-order valence-electron chi connectivity index (χ1n) is 10.6. The zero-order valence-electron chi connectivity index (χ0n) is 17.9. The van der Waals surface area contributed by atoms with E-state index < -0.39 is 6.17 Å². The van der Waals surface area contributed by atoms with Crippen LogP contribution in [0.3, 0.4) is 0 Å². The van der Waals surface area contributed by atoms with Crippen molar-refractivity contribution in [3.8, 4) is 11.3 Å². The highest BCUT2D eigenvalue weighted by atomic mass is 32.2. The Morgan fingerprint density at radius 2 is 1.84 bits per heavy atom. The lowest BCUT2D eigenvalue weighted by Crippen LogP contribution is -2.61. The lowest BCUT2D eigenvalue weighted by molar-refractivity contribution is -0.762. The second-order valence-electron chi connectivity index (χ2n) is 7.73. The quantitative estimate of drug-likeness (QED) is 0.377. The molecular formula is C25H23N4O2S+. The zero-order valence-corrected chi connectivity index (χ0v) is 18.7. The fraction of sp³-hybridized carbons (Fsp3) is 0.200. The number of hydrogen-bond donors (Lipinski definition) is 1. The van der Waals surface area contributed by atoms with Gasteiger partial charge in [-0.05, 0) is 46.3 Å². The fourth-order valence-corrected chi connectivity index (χ4v) is 4.79. The molecule has 0 aliphatic carbocycles. The van der Waals surface area contributed by atoms with Crippen LogP contribution in [-0.2, 0) is 4.79 Å². The smallest absolute Gasteiger partial charge is 0.291 e. The first-order valence-corrected chi connectivity index (χ1v) is 11.9. The van der Waals surface area contributed by atoms with Gasteiger partial charge in [0, 0.05) is 11.5 Å². The van der Waals surface area contributed by atoms with E-state index in [1.807, 2.05) is 66.6 Å². The molecule has 7 heteroatoms. The molecule has 2 heterocycles. The van der Waals surface area contributed by atoms with E-state index in [0.717, 1.165) is 28.4 Å². The minimum absolute atomic E-state index is 0.00353. The first-order chi connectivity index (χ1) is 15.6. The van der Waals surface area contributed by atoms with E-state index in [2.05, 4.69) is 23.2 Å². The van der Waals surface area contributed by atoms with Crippen molar-refractivity contribution in [2.45, 2.75) is 31.1 Å². The lowest BCUT2D eigenvalue weighted by atomic mass is 9.97. The molecule has 1 aromatic heterocycles. The topological polar surface area (TPSA) is 69.9 Å². The predicted molar refractivity (Wildman–Crippen MR) is 127 cm³/mol. The Morgan fingerprint density at radius 3 is 2.66 bits per heavy atom. The Balaban J connectivity index is 1.89. The van der Waals surface area contributed by atoms with Crippen LogP contribution in [0.1, 0.15) is 31.5 Å². The number of anilines is 1. The van der Waals surface area contributed by atoms with Crippen LogP contribution in [0, 0.1) is 0 Å². The molecule has 0 saturated carbocycles. The maximum Gasteiger partial charge on any atom is 0.325 e. The number of nitrogens with zero attached hydrogens (tertiary/aromatic N) is 3. The lowest BCUT2D eigenvalue weighted by Gasteiger charge is -2.32. The van der Waals surface area contributed by atoms with E-state index in [9.17, 15) is 9.59 Å². The van der Waals surface area contributed by atoms with E-state index >= 15 is 0 Å². The SMILES string of the molecule is CCCC(=O)N1c2ccccc2-c2c(=O)[nH]c(SC)n[n+]2[C@@H]1c1cccc2ccccc12. The van der Waals surface area contributed by atoms with Crippen molar-refractivity contribution in [3.63, 3.8) is 0 Å². The number of rotatable bonds is 4. The number of carbonyl (C=O) groups is 1. The summed E-state index contributed by atoms with van der Waals surface area (Å²) in [4.78, 5) is 31.4. The van der Waals surface area contributed by atoms with Crippen molar-refractivity contribution < 1.29 is 9.48 Å². The van der Waals surface area contributed by atoms with Crippen LogP contribution in [0.25, 0.3) is 22.0 Å². The molecule has 1 aliphatic heterocycles. The van der Waals surface area contributed by atoms with Gasteiger partial charge in [0.1, 0.15) is 0 Å². The number of para-hydroxylation sites is 1. The highest BCUT2D eigenvalue weighted by molar-refractivity contribution is 7.98. The van der Waals surface area contributed by atoms with Crippen LogP contribution in [0.2, 0.25) is 0 Å². The summed E-state index contributed by atoms with van der Waals surface area (Å²) in [6.07, 6.45) is 2.44. The van der Waals surface area contributed by atoms with Gasteiger partial charge in [-0.1, -0.05) is 67.2 Å². The van der Waals surface area contributed by atoms with Crippen molar-refractivity contribution in [2.24, 2.45) is 0 Å². The van der Waals surface area contributed by atoms with Crippen LogP contribution in [0.15, 0.2) is 76.7 Å². The molecule has 3 aromatic carbocycles. The second-order valence-corrected chi connectivity index (χ2v) is 8.52. The maximum atomic E-state index is 13.5. The van der Waals surface area contributed by atoms with E-state index in [-0.39, 0.29) is 11.5 Å². The van der Waals surface area contributed by atoms with Crippen molar-refractivity contribution in [1.29, 1.82) is 0 Å². The summed E-state index contributed by atoms with van der Waals surface area (Å²) in [5, 5.41) is 7.39. The van der Waals surface area contributed by atoms with Gasteiger partial charge in [0.15, 0.2) is 0 Å². The molecule has 0 radical (unpaired) electrons. The molecule has 0 bridgehead atoms. The number of carbonyl (C=O) groups excluding carboxylic acids is 1. The third-order valence-electron chi connectivity index (χ3n) is 5.79. The Kier molecular flexibility index (Phi) is 5.27. The van der Waals surface area contributed by atoms with E-state index in [1.165, 1.54) is 11.8 Å². The summed E-state index contributed by atoms with van der Waals surface area (Å²) in [5.41, 5.74) is 2.60. The molecule has 0 spiro atoms. The Bertz CT molecular complexity index is 1390. The minimum Gasteiger partial charge on any atom is -0.291 e. The van der Waals surface area contributed by atoms with Crippen LogP contribution < -0.4 is 15.1 Å². The Labute approximate surface area is 189 Å². The number of fused-ring (bicyclic) bond motifs is 4. The summed E-state index contributed by atoms with van der Waals surface area (Å²) in [5.74, 6) is 0.00353. The summed E-state index contributed by atoms with van der Waals surface area (Å²) in [6.45, 7) is 2.00. The van der Waals surface area contributed by atoms with Crippen LogP contribution in [-0.4, -0.2) is 22.2 Å². The third kappa shape index (κ3) is 3.20. The van der Waals surface area contributed by atoms with Gasteiger partial charge in [0.2, 0.25) is 11.1 Å². The van der Waals surface area contributed by atoms with Crippen molar-refractivity contribution in [1.82, 2.24) is 10.1 Å². The summed E-state index contributed by atoms with van der Waals surface area (Å²) >= 11 is 1.37. The normalized spacial score (nSPS) is 14.8. The Hall–Kier alpha value is -3.45. The predicted octanol–water partition coefficient (Wildman–Crippen LogP) is 4.29. The molecule has 6 nitrogen and oxygen atoms in total. The molecule has 0 unspecified atom stereocenters. The van der Waals surface area contributed by atoms with Crippen LogP contribution in [0.5, 0.6) is 0 Å². The van der Waals surface area contributed by atoms with Gasteiger partial charge in [0.05, 0.1) is 16.8 Å². The molecule has 1 amide bonds. The monoisotopic (exact) mass is 443 g/mol. The molecule has 32 heavy (non-hydrogen) atoms. The molecular weight excluding hydrogens is 420 g/mol. The van der Waals surface area contributed by atoms with E-state index in [1.54, 1.807) is 4.68 Å². The number of H-pyrrole nitrogens is 1. The fourth-order valence-electron chi connectivity index (χ4n) is 4.42. The number of nitrogens with one attached hydrogen (secondary N) is 1. The minimum atomic E-state index is -0.571. The van der Waals surface area contributed by atoms with Crippen molar-refractivity contribution >= 4 is 34.1 Å². The number of aromatic amines is 1. The average Bonchev–Trinajstić information content (AvgIpc) is 2.82. The molecule has 0 fully saturated rings. The molecule has 4 aromatic rings. The van der Waals surface area contributed by atoms with E-state index in [0.29, 0.717) is 22.8 Å². The summed E-state index contributed by atoms with van der Waals surface area (Å²) < 4.78 is 1.72. The highest BCUT2D eigenvalue weighted by Gasteiger charge is 2.45. The van der Waals surface area contributed by atoms with Crippen LogP contribution >= 0.6 is 11.8 Å². The summed E-state index contributed by atoms with van der Waals surface area (Å²) in [6, 6.07) is 21.7. The van der Waals surface area contributed by atoms with Crippen LogP contribution in [0.4, 0.5) is 5.69 Å². The molecule has 1 aliphatic rings. The van der Waals surface area contributed by atoms with Gasteiger partial charge >= 0.3 is 11.3 Å². The number of amides is 1. The third-order valence-corrected chi connectivity index (χ3v) is 6.36. The molecule has 5 rings (SSSR count). The van der Waals surface area contributed by atoms with Gasteiger partial charge < -0.3 is 0 Å². The summed E-state index contributed by atoms with van der Waals surface area (Å²) in [7, 11) is 0. The Morgan fingerprint density at radius 1 is 1.09 bits per heavy atom.